The van der Waals surface area contributed by atoms with E-state index in [-0.39, 0.29) is 0 Å². The number of nitrogens with one attached hydrogen (secondary N) is 1. The molecule has 2 rings (SSSR count). The van der Waals surface area contributed by atoms with Gasteiger partial charge in [0.15, 0.2) is 0 Å². The molecule has 1 saturated carbocycles. The van der Waals surface area contributed by atoms with E-state index >= 15 is 0 Å². The minimum absolute atomic E-state index is 0.299. The van der Waals surface area contributed by atoms with Gasteiger partial charge in [-0.2, -0.15) is 0 Å². The Hall–Kier alpha value is -1.42. The highest BCUT2D eigenvalue weighted by atomic mass is 16.4. The first-order valence-corrected chi connectivity index (χ1v) is 6.54. The van der Waals surface area contributed by atoms with Crippen molar-refractivity contribution >= 4 is 5.97 Å². The van der Waals surface area contributed by atoms with Gasteiger partial charge in [-0.25, -0.2) is 4.79 Å². The van der Waals surface area contributed by atoms with E-state index in [1.165, 1.54) is 19.3 Å². The lowest BCUT2D eigenvalue weighted by Gasteiger charge is -2.33. The van der Waals surface area contributed by atoms with Crippen molar-refractivity contribution in [2.45, 2.75) is 50.6 Å². The number of hydrogen-bond acceptors (Lipinski definition) is 3. The van der Waals surface area contributed by atoms with Gasteiger partial charge >= 0.3 is 5.97 Å². The van der Waals surface area contributed by atoms with Crippen molar-refractivity contribution in [1.82, 2.24) is 10.3 Å². The molecule has 1 heterocycles. The van der Waals surface area contributed by atoms with E-state index in [1.807, 2.05) is 0 Å². The summed E-state index contributed by atoms with van der Waals surface area (Å²) in [4.78, 5) is 15.6. The maximum absolute atomic E-state index is 11.6. The fourth-order valence-electron chi connectivity index (χ4n) is 2.61. The standard InChI is InChI=1S/C14H20N2O2/c1-14(13(17)18,11-7-9-15-10-8-11)16-12-5-3-2-4-6-12/h7-10,12,16H,2-6H2,1H3,(H,17,18). The molecule has 0 spiro atoms. The zero-order chi connectivity index (χ0) is 13.0. The summed E-state index contributed by atoms with van der Waals surface area (Å²) in [6, 6.07) is 3.83. The summed E-state index contributed by atoms with van der Waals surface area (Å²) < 4.78 is 0. The molecule has 0 aromatic carbocycles. The van der Waals surface area contributed by atoms with Crippen molar-refractivity contribution in [3.8, 4) is 0 Å². The van der Waals surface area contributed by atoms with Gasteiger partial charge in [0.2, 0.25) is 0 Å². The van der Waals surface area contributed by atoms with Gasteiger partial charge in [-0.3, -0.25) is 10.3 Å². The lowest BCUT2D eigenvalue weighted by atomic mass is 9.88. The SMILES string of the molecule is CC(NC1CCCCC1)(C(=O)O)c1ccncc1. The molecule has 1 aromatic heterocycles. The first-order chi connectivity index (χ1) is 8.63. The zero-order valence-electron chi connectivity index (χ0n) is 10.7. The van der Waals surface area contributed by atoms with Crippen LogP contribution in [0.2, 0.25) is 0 Å². The van der Waals surface area contributed by atoms with Crippen LogP contribution in [0.5, 0.6) is 0 Å². The lowest BCUT2D eigenvalue weighted by Crippen LogP contribution is -2.51. The van der Waals surface area contributed by atoms with E-state index in [0.29, 0.717) is 6.04 Å². The number of rotatable bonds is 4. The smallest absolute Gasteiger partial charge is 0.328 e. The third-order valence-corrected chi connectivity index (χ3v) is 3.78. The highest BCUT2D eigenvalue weighted by molar-refractivity contribution is 5.80. The number of carboxylic acids is 1. The maximum Gasteiger partial charge on any atom is 0.328 e. The Bertz CT molecular complexity index is 402. The number of carbonyl (C=O) groups is 1. The fraction of sp³-hybridized carbons (Fsp3) is 0.571. The molecule has 1 aliphatic rings. The number of nitrogens with zero attached hydrogens (tertiary/aromatic N) is 1. The lowest BCUT2D eigenvalue weighted by molar-refractivity contribution is -0.145. The average Bonchev–Trinajstić information content (AvgIpc) is 2.40. The first-order valence-electron chi connectivity index (χ1n) is 6.54. The Morgan fingerprint density at radius 1 is 1.33 bits per heavy atom. The van der Waals surface area contributed by atoms with Crippen LogP contribution in [0.1, 0.15) is 44.6 Å². The second-order valence-electron chi connectivity index (χ2n) is 5.15. The highest BCUT2D eigenvalue weighted by Crippen LogP contribution is 2.26. The molecule has 0 saturated heterocycles. The number of aromatic nitrogens is 1. The molecular weight excluding hydrogens is 228 g/mol. The van der Waals surface area contributed by atoms with Gasteiger partial charge in [0.25, 0.3) is 0 Å². The highest BCUT2D eigenvalue weighted by Gasteiger charge is 2.37. The monoisotopic (exact) mass is 248 g/mol. The van der Waals surface area contributed by atoms with Crippen LogP contribution >= 0.6 is 0 Å². The minimum atomic E-state index is -1.02. The summed E-state index contributed by atoms with van der Waals surface area (Å²) in [5.74, 6) is -0.834. The Labute approximate surface area is 107 Å². The molecule has 1 atom stereocenters. The van der Waals surface area contributed by atoms with Crippen molar-refractivity contribution in [2.75, 3.05) is 0 Å². The molecule has 1 unspecified atom stereocenters. The largest absolute Gasteiger partial charge is 0.480 e. The van der Waals surface area contributed by atoms with E-state index in [0.717, 1.165) is 18.4 Å². The number of aliphatic carboxylic acids is 1. The van der Waals surface area contributed by atoms with E-state index in [1.54, 1.807) is 31.5 Å². The normalized spacial score (nSPS) is 20.3. The van der Waals surface area contributed by atoms with Crippen LogP contribution in [0.4, 0.5) is 0 Å². The van der Waals surface area contributed by atoms with Crippen LogP contribution in [-0.2, 0) is 10.3 Å². The molecule has 4 nitrogen and oxygen atoms in total. The molecule has 1 aliphatic carbocycles. The first kappa shape index (κ1) is 13.0. The fourth-order valence-corrected chi connectivity index (χ4v) is 2.61. The van der Waals surface area contributed by atoms with Crippen LogP contribution in [0.3, 0.4) is 0 Å². The van der Waals surface area contributed by atoms with Crippen LogP contribution in [0.25, 0.3) is 0 Å². The Morgan fingerprint density at radius 2 is 1.94 bits per heavy atom. The molecule has 98 valence electrons. The van der Waals surface area contributed by atoms with Crippen molar-refractivity contribution in [3.63, 3.8) is 0 Å². The van der Waals surface area contributed by atoms with Gasteiger partial charge < -0.3 is 5.11 Å². The molecule has 1 fully saturated rings. The topological polar surface area (TPSA) is 62.2 Å². The van der Waals surface area contributed by atoms with Gasteiger partial charge in [0, 0.05) is 18.4 Å². The molecule has 2 N–H and O–H groups in total. The van der Waals surface area contributed by atoms with E-state index in [2.05, 4.69) is 10.3 Å². The molecule has 4 heteroatoms. The molecule has 18 heavy (non-hydrogen) atoms. The van der Waals surface area contributed by atoms with E-state index < -0.39 is 11.5 Å². The van der Waals surface area contributed by atoms with Gasteiger partial charge in [-0.1, -0.05) is 19.3 Å². The van der Waals surface area contributed by atoms with Crippen molar-refractivity contribution in [1.29, 1.82) is 0 Å². The molecule has 0 bridgehead atoms. The molecule has 0 radical (unpaired) electrons. The predicted octanol–water partition coefficient (Wildman–Crippen LogP) is 2.30. The summed E-state index contributed by atoms with van der Waals surface area (Å²) in [6.45, 7) is 1.74. The Morgan fingerprint density at radius 3 is 2.50 bits per heavy atom. The third kappa shape index (κ3) is 2.70. The Kier molecular flexibility index (Phi) is 3.97. The zero-order valence-corrected chi connectivity index (χ0v) is 10.7. The second-order valence-corrected chi connectivity index (χ2v) is 5.15. The van der Waals surface area contributed by atoms with Crippen molar-refractivity contribution in [3.05, 3.63) is 30.1 Å². The van der Waals surface area contributed by atoms with Crippen molar-refractivity contribution in [2.24, 2.45) is 0 Å². The van der Waals surface area contributed by atoms with E-state index in [9.17, 15) is 9.90 Å². The second kappa shape index (κ2) is 5.48. The maximum atomic E-state index is 11.6. The van der Waals surface area contributed by atoms with Gasteiger partial charge in [0.1, 0.15) is 5.54 Å². The minimum Gasteiger partial charge on any atom is -0.480 e. The molecule has 1 aromatic rings. The van der Waals surface area contributed by atoms with Crippen LogP contribution in [0.15, 0.2) is 24.5 Å². The molecule has 0 amide bonds. The Balaban J connectivity index is 2.19. The summed E-state index contributed by atoms with van der Waals surface area (Å²) in [6.07, 6.45) is 9.03. The summed E-state index contributed by atoms with van der Waals surface area (Å²) in [5.41, 5.74) is -0.263. The summed E-state index contributed by atoms with van der Waals surface area (Å²) >= 11 is 0. The predicted molar refractivity (Wildman–Crippen MR) is 69.2 cm³/mol. The molecular formula is C14H20N2O2. The third-order valence-electron chi connectivity index (χ3n) is 3.78. The summed E-state index contributed by atoms with van der Waals surface area (Å²) in [5, 5.41) is 12.9. The number of hydrogen-bond donors (Lipinski definition) is 2. The summed E-state index contributed by atoms with van der Waals surface area (Å²) in [7, 11) is 0. The molecule has 0 aliphatic heterocycles. The van der Waals surface area contributed by atoms with Gasteiger partial charge in [-0.05, 0) is 37.5 Å². The number of carboxylic acid groups (broad SMARTS) is 1. The number of pyridine rings is 1. The van der Waals surface area contributed by atoms with Crippen LogP contribution in [0, 0.1) is 0 Å². The quantitative estimate of drug-likeness (QED) is 0.858. The van der Waals surface area contributed by atoms with E-state index in [4.69, 9.17) is 0 Å². The van der Waals surface area contributed by atoms with Gasteiger partial charge in [0.05, 0.1) is 0 Å². The van der Waals surface area contributed by atoms with Crippen LogP contribution < -0.4 is 5.32 Å². The average molecular weight is 248 g/mol. The van der Waals surface area contributed by atoms with Crippen LogP contribution in [-0.4, -0.2) is 22.1 Å². The van der Waals surface area contributed by atoms with Gasteiger partial charge in [-0.15, -0.1) is 0 Å². The van der Waals surface area contributed by atoms with Crippen molar-refractivity contribution < 1.29 is 9.90 Å².